The highest BCUT2D eigenvalue weighted by Crippen LogP contribution is 2.25. The third kappa shape index (κ3) is 4.66. The lowest BCUT2D eigenvalue weighted by atomic mass is 10.1. The summed E-state index contributed by atoms with van der Waals surface area (Å²) in [5.74, 6) is -0.825. The van der Waals surface area contributed by atoms with E-state index in [1.807, 2.05) is 0 Å². The molecule has 0 atom stereocenters. The number of para-hydroxylation sites is 1. The first kappa shape index (κ1) is 16.8. The fourth-order valence-electron chi connectivity index (χ4n) is 1.78. The summed E-state index contributed by atoms with van der Waals surface area (Å²) in [6.07, 6.45) is -0.481. The Hall–Kier alpha value is -2.24. The maximum atomic E-state index is 11.9. The van der Waals surface area contributed by atoms with Crippen LogP contribution in [0.5, 0.6) is 5.75 Å². The molecule has 21 heavy (non-hydrogen) atoms. The van der Waals surface area contributed by atoms with Gasteiger partial charge in [0.05, 0.1) is 13.7 Å². The largest absolute Gasteiger partial charge is 0.495 e. The van der Waals surface area contributed by atoms with E-state index in [9.17, 15) is 9.59 Å². The lowest BCUT2D eigenvalue weighted by molar-refractivity contribution is 0.0284. The van der Waals surface area contributed by atoms with E-state index in [1.54, 1.807) is 40.0 Å². The van der Waals surface area contributed by atoms with E-state index >= 15 is 0 Å². The number of hydrogen-bond donors (Lipinski definition) is 1. The van der Waals surface area contributed by atoms with Gasteiger partial charge in [-0.3, -0.25) is 0 Å². The molecule has 0 aliphatic rings. The van der Waals surface area contributed by atoms with E-state index < -0.39 is 17.7 Å². The van der Waals surface area contributed by atoms with Gasteiger partial charge in [0.2, 0.25) is 0 Å². The van der Waals surface area contributed by atoms with Gasteiger partial charge in [-0.05, 0) is 26.8 Å². The number of methoxy groups -OCH3 is 1. The van der Waals surface area contributed by atoms with E-state index in [0.29, 0.717) is 5.56 Å². The van der Waals surface area contributed by atoms with Gasteiger partial charge in [-0.25, -0.2) is 9.59 Å². The predicted octanol–water partition coefficient (Wildman–Crippen LogP) is 2.76. The number of carbonyl (C=O) groups excluding carboxylic acids is 1. The fourth-order valence-corrected chi connectivity index (χ4v) is 1.78. The van der Waals surface area contributed by atoms with Crippen LogP contribution in [-0.4, -0.2) is 41.8 Å². The summed E-state index contributed by atoms with van der Waals surface area (Å²) in [6, 6.07) is 4.79. The molecule has 1 aromatic carbocycles. The third-order valence-corrected chi connectivity index (χ3v) is 2.64. The number of ether oxygens (including phenoxy) is 2. The number of carboxylic acids is 1. The van der Waals surface area contributed by atoms with Crippen molar-refractivity contribution in [3.05, 3.63) is 29.3 Å². The second-order valence-electron chi connectivity index (χ2n) is 5.64. The summed E-state index contributed by atoms with van der Waals surface area (Å²) >= 11 is 0. The molecule has 0 unspecified atom stereocenters. The molecule has 1 amide bonds. The maximum Gasteiger partial charge on any atom is 0.410 e. The van der Waals surface area contributed by atoms with Crippen LogP contribution in [0.3, 0.4) is 0 Å². The standard InChI is InChI=1S/C15H21NO5/c1-15(2,3)21-14(19)16(4)9-10-7-6-8-11(13(17)18)12(10)20-5/h6-8H,9H2,1-5H3,(H,17,18). The van der Waals surface area contributed by atoms with E-state index in [-0.39, 0.29) is 17.9 Å². The molecular formula is C15H21NO5. The second-order valence-corrected chi connectivity index (χ2v) is 5.64. The fraction of sp³-hybridized carbons (Fsp3) is 0.467. The van der Waals surface area contributed by atoms with Gasteiger partial charge < -0.3 is 19.5 Å². The monoisotopic (exact) mass is 295 g/mol. The Labute approximate surface area is 124 Å². The highest BCUT2D eigenvalue weighted by molar-refractivity contribution is 5.91. The van der Waals surface area contributed by atoms with E-state index in [0.717, 1.165) is 0 Å². The molecule has 0 heterocycles. The molecule has 1 aromatic rings. The summed E-state index contributed by atoms with van der Waals surface area (Å²) in [4.78, 5) is 24.5. The molecule has 116 valence electrons. The number of rotatable bonds is 4. The van der Waals surface area contributed by atoms with Crippen LogP contribution in [-0.2, 0) is 11.3 Å². The van der Waals surface area contributed by atoms with Gasteiger partial charge in [-0.15, -0.1) is 0 Å². The Morgan fingerprint density at radius 1 is 1.29 bits per heavy atom. The van der Waals surface area contributed by atoms with Crippen molar-refractivity contribution < 1.29 is 24.2 Å². The minimum absolute atomic E-state index is 0.0626. The van der Waals surface area contributed by atoms with Crippen molar-refractivity contribution in [2.24, 2.45) is 0 Å². The molecule has 0 fully saturated rings. The van der Waals surface area contributed by atoms with E-state index in [1.165, 1.54) is 18.1 Å². The van der Waals surface area contributed by atoms with Crippen molar-refractivity contribution in [3.63, 3.8) is 0 Å². The molecule has 0 saturated carbocycles. The minimum Gasteiger partial charge on any atom is -0.495 e. The first-order valence-electron chi connectivity index (χ1n) is 6.49. The van der Waals surface area contributed by atoms with Crippen molar-refractivity contribution in [1.29, 1.82) is 0 Å². The molecule has 0 aliphatic carbocycles. The Morgan fingerprint density at radius 3 is 2.38 bits per heavy atom. The van der Waals surface area contributed by atoms with Crippen LogP contribution >= 0.6 is 0 Å². The minimum atomic E-state index is -1.08. The van der Waals surface area contributed by atoms with Crippen LogP contribution in [0.25, 0.3) is 0 Å². The molecule has 0 radical (unpaired) electrons. The number of aromatic carboxylic acids is 1. The van der Waals surface area contributed by atoms with Gasteiger partial charge in [0.1, 0.15) is 16.9 Å². The zero-order chi connectivity index (χ0) is 16.2. The molecule has 0 spiro atoms. The first-order chi connectivity index (χ1) is 9.65. The molecule has 1 N–H and O–H groups in total. The van der Waals surface area contributed by atoms with Gasteiger partial charge in [-0.2, -0.15) is 0 Å². The molecule has 1 rings (SSSR count). The second kappa shape index (κ2) is 6.47. The summed E-state index contributed by atoms with van der Waals surface area (Å²) < 4.78 is 10.4. The highest BCUT2D eigenvalue weighted by Gasteiger charge is 2.22. The van der Waals surface area contributed by atoms with Crippen molar-refractivity contribution >= 4 is 12.1 Å². The Morgan fingerprint density at radius 2 is 1.90 bits per heavy atom. The van der Waals surface area contributed by atoms with Crippen LogP contribution < -0.4 is 4.74 Å². The summed E-state index contributed by atoms with van der Waals surface area (Å²) in [6.45, 7) is 5.54. The zero-order valence-corrected chi connectivity index (χ0v) is 13.0. The van der Waals surface area contributed by atoms with Crippen LogP contribution in [0.2, 0.25) is 0 Å². The van der Waals surface area contributed by atoms with Crippen molar-refractivity contribution in [1.82, 2.24) is 4.90 Å². The number of amides is 1. The van der Waals surface area contributed by atoms with Crippen LogP contribution in [0.4, 0.5) is 4.79 Å². The lowest BCUT2D eigenvalue weighted by Crippen LogP contribution is -2.33. The number of carboxylic acid groups (broad SMARTS) is 1. The molecular weight excluding hydrogens is 274 g/mol. The smallest absolute Gasteiger partial charge is 0.410 e. The predicted molar refractivity (Wildman–Crippen MR) is 77.7 cm³/mol. The third-order valence-electron chi connectivity index (χ3n) is 2.64. The quantitative estimate of drug-likeness (QED) is 0.924. The summed E-state index contributed by atoms with van der Waals surface area (Å²) in [5, 5.41) is 9.13. The van der Waals surface area contributed by atoms with Crippen molar-refractivity contribution in [3.8, 4) is 5.75 Å². The number of carbonyl (C=O) groups is 2. The number of hydrogen-bond acceptors (Lipinski definition) is 4. The first-order valence-corrected chi connectivity index (χ1v) is 6.49. The highest BCUT2D eigenvalue weighted by atomic mass is 16.6. The normalized spacial score (nSPS) is 10.9. The van der Waals surface area contributed by atoms with Crippen LogP contribution in [0, 0.1) is 0 Å². The molecule has 6 heteroatoms. The number of benzene rings is 1. The van der Waals surface area contributed by atoms with Gasteiger partial charge in [-0.1, -0.05) is 12.1 Å². The molecule has 0 aromatic heterocycles. The summed E-state index contributed by atoms with van der Waals surface area (Å²) in [5.41, 5.74) is 0.0802. The molecule has 0 bridgehead atoms. The molecule has 0 saturated heterocycles. The zero-order valence-electron chi connectivity index (χ0n) is 13.0. The Kier molecular flexibility index (Phi) is 5.18. The van der Waals surface area contributed by atoms with Crippen LogP contribution in [0.15, 0.2) is 18.2 Å². The van der Waals surface area contributed by atoms with Crippen LogP contribution in [0.1, 0.15) is 36.7 Å². The SMILES string of the molecule is COc1c(CN(C)C(=O)OC(C)(C)C)cccc1C(=O)O. The lowest BCUT2D eigenvalue weighted by Gasteiger charge is -2.25. The molecule has 0 aliphatic heterocycles. The summed E-state index contributed by atoms with van der Waals surface area (Å²) in [7, 11) is 2.99. The number of nitrogens with zero attached hydrogens (tertiary/aromatic N) is 1. The topological polar surface area (TPSA) is 76.1 Å². The van der Waals surface area contributed by atoms with Gasteiger partial charge in [0.15, 0.2) is 0 Å². The van der Waals surface area contributed by atoms with E-state index in [2.05, 4.69) is 0 Å². The Balaban J connectivity index is 2.95. The van der Waals surface area contributed by atoms with Gasteiger partial charge in [0.25, 0.3) is 0 Å². The Bertz CT molecular complexity index is 533. The van der Waals surface area contributed by atoms with Gasteiger partial charge in [0, 0.05) is 12.6 Å². The molecule has 6 nitrogen and oxygen atoms in total. The van der Waals surface area contributed by atoms with Crippen molar-refractivity contribution in [2.75, 3.05) is 14.2 Å². The maximum absolute atomic E-state index is 11.9. The van der Waals surface area contributed by atoms with E-state index in [4.69, 9.17) is 14.6 Å². The average molecular weight is 295 g/mol. The van der Waals surface area contributed by atoms with Gasteiger partial charge >= 0.3 is 12.1 Å². The van der Waals surface area contributed by atoms with Crippen molar-refractivity contribution in [2.45, 2.75) is 32.9 Å². The average Bonchev–Trinajstić information content (AvgIpc) is 2.36.